The van der Waals surface area contributed by atoms with Crippen LogP contribution < -0.4 is 10.1 Å². The minimum Gasteiger partial charge on any atom is -0.406 e. The van der Waals surface area contributed by atoms with Gasteiger partial charge in [-0.05, 0) is 48.5 Å². The minimum absolute atomic E-state index is 0.00466. The fourth-order valence-electron chi connectivity index (χ4n) is 2.53. The zero-order valence-electron chi connectivity index (χ0n) is 16.1. The van der Waals surface area contributed by atoms with Crippen molar-refractivity contribution < 1.29 is 40.0 Å². The van der Waals surface area contributed by atoms with E-state index >= 15 is 0 Å². The van der Waals surface area contributed by atoms with E-state index in [9.17, 15) is 30.8 Å². The van der Waals surface area contributed by atoms with Gasteiger partial charge in [0.1, 0.15) is 17.3 Å². The largest absolute Gasteiger partial charge is 0.573 e. The summed E-state index contributed by atoms with van der Waals surface area (Å²) in [5.41, 5.74) is 0.251. The van der Waals surface area contributed by atoms with Gasteiger partial charge in [-0.25, -0.2) is 12.8 Å². The van der Waals surface area contributed by atoms with Gasteiger partial charge in [-0.1, -0.05) is 5.16 Å². The molecule has 3 rings (SSSR count). The Kier molecular flexibility index (Phi) is 6.77. The standard InChI is InChI=1S/C19H15F4N3O5S/c20-12-1-7-15(8-2-12)32(28,29)11-16-25-18(31-26-16)10-9-17(27)24-13-3-5-14(6-4-13)30-19(21,22)23/h1-8H,9-11H2,(H,24,27). The van der Waals surface area contributed by atoms with E-state index < -0.39 is 39.4 Å². The third kappa shape index (κ3) is 6.77. The van der Waals surface area contributed by atoms with Crippen molar-refractivity contribution in [2.24, 2.45) is 0 Å². The molecule has 0 bridgehead atoms. The van der Waals surface area contributed by atoms with Gasteiger partial charge in [0.05, 0.1) is 4.90 Å². The van der Waals surface area contributed by atoms with Crippen LogP contribution in [-0.4, -0.2) is 30.8 Å². The van der Waals surface area contributed by atoms with Crippen molar-refractivity contribution >= 4 is 21.4 Å². The van der Waals surface area contributed by atoms with Crippen molar-refractivity contribution in [1.82, 2.24) is 10.1 Å². The lowest BCUT2D eigenvalue weighted by Gasteiger charge is -2.09. The van der Waals surface area contributed by atoms with E-state index in [0.29, 0.717) is 0 Å². The maximum atomic E-state index is 13.0. The number of amides is 1. The van der Waals surface area contributed by atoms with Gasteiger partial charge >= 0.3 is 6.36 Å². The predicted octanol–water partition coefficient (Wildman–Crippen LogP) is 3.65. The Balaban J connectivity index is 1.51. The number of aromatic nitrogens is 2. The summed E-state index contributed by atoms with van der Waals surface area (Å²) in [5.74, 6) is -2.14. The first-order valence-corrected chi connectivity index (χ1v) is 10.6. The van der Waals surface area contributed by atoms with E-state index in [-0.39, 0.29) is 35.1 Å². The number of carbonyl (C=O) groups is 1. The number of anilines is 1. The van der Waals surface area contributed by atoms with Crippen LogP contribution in [0.5, 0.6) is 5.75 Å². The summed E-state index contributed by atoms with van der Waals surface area (Å²) in [6.45, 7) is 0. The molecule has 8 nitrogen and oxygen atoms in total. The van der Waals surface area contributed by atoms with Crippen LogP contribution in [0.3, 0.4) is 0 Å². The lowest BCUT2D eigenvalue weighted by molar-refractivity contribution is -0.274. The van der Waals surface area contributed by atoms with Gasteiger partial charge in [-0.3, -0.25) is 4.79 Å². The number of halogens is 4. The Morgan fingerprint density at radius 2 is 1.72 bits per heavy atom. The topological polar surface area (TPSA) is 111 Å². The number of carbonyl (C=O) groups excluding carboxylic acids is 1. The number of alkyl halides is 3. The quantitative estimate of drug-likeness (QED) is 0.393. The molecule has 0 radical (unpaired) electrons. The van der Waals surface area contributed by atoms with Crippen LogP contribution >= 0.6 is 0 Å². The molecule has 32 heavy (non-hydrogen) atoms. The Hall–Kier alpha value is -3.48. The number of benzene rings is 2. The van der Waals surface area contributed by atoms with Gasteiger partial charge in [0.15, 0.2) is 15.7 Å². The maximum Gasteiger partial charge on any atom is 0.573 e. The number of sulfone groups is 1. The average Bonchev–Trinajstić information content (AvgIpc) is 3.14. The summed E-state index contributed by atoms with van der Waals surface area (Å²) in [4.78, 5) is 15.8. The van der Waals surface area contributed by atoms with E-state index in [2.05, 4.69) is 20.2 Å². The third-order valence-corrected chi connectivity index (χ3v) is 5.57. The highest BCUT2D eigenvalue weighted by Gasteiger charge is 2.31. The van der Waals surface area contributed by atoms with Gasteiger partial charge in [0.25, 0.3) is 0 Å². The van der Waals surface area contributed by atoms with Crippen molar-refractivity contribution in [3.8, 4) is 5.75 Å². The normalized spacial score (nSPS) is 11.9. The number of nitrogens with one attached hydrogen (secondary N) is 1. The van der Waals surface area contributed by atoms with Crippen LogP contribution in [0.15, 0.2) is 57.9 Å². The lowest BCUT2D eigenvalue weighted by Crippen LogP contribution is -2.17. The molecule has 0 spiro atoms. The molecule has 0 saturated heterocycles. The number of hydrogen-bond acceptors (Lipinski definition) is 7. The van der Waals surface area contributed by atoms with Crippen molar-refractivity contribution in [1.29, 1.82) is 0 Å². The molecule has 1 amide bonds. The molecule has 2 aromatic carbocycles. The molecule has 0 aliphatic carbocycles. The van der Waals surface area contributed by atoms with E-state index in [1.54, 1.807) is 0 Å². The molecular weight excluding hydrogens is 458 g/mol. The zero-order valence-corrected chi connectivity index (χ0v) is 16.9. The highest BCUT2D eigenvalue weighted by molar-refractivity contribution is 7.90. The number of hydrogen-bond donors (Lipinski definition) is 1. The Labute approximate surface area is 179 Å². The second-order valence-electron chi connectivity index (χ2n) is 6.44. The summed E-state index contributed by atoms with van der Waals surface area (Å²) in [5, 5.41) is 6.05. The highest BCUT2D eigenvalue weighted by Crippen LogP contribution is 2.24. The summed E-state index contributed by atoms with van der Waals surface area (Å²) >= 11 is 0. The van der Waals surface area contributed by atoms with Crippen LogP contribution in [0.2, 0.25) is 0 Å². The van der Waals surface area contributed by atoms with Crippen molar-refractivity contribution in [3.63, 3.8) is 0 Å². The minimum atomic E-state index is -4.81. The number of ether oxygens (including phenoxy) is 1. The van der Waals surface area contributed by atoms with Crippen molar-refractivity contribution in [2.45, 2.75) is 29.9 Å². The predicted molar refractivity (Wildman–Crippen MR) is 102 cm³/mol. The first-order chi connectivity index (χ1) is 15.0. The molecule has 0 fully saturated rings. The fourth-order valence-corrected chi connectivity index (χ4v) is 3.70. The van der Waals surface area contributed by atoms with E-state index in [1.807, 2.05) is 0 Å². The second-order valence-corrected chi connectivity index (χ2v) is 8.43. The molecule has 0 atom stereocenters. The van der Waals surface area contributed by atoms with E-state index in [4.69, 9.17) is 4.52 Å². The van der Waals surface area contributed by atoms with Gasteiger partial charge in [-0.2, -0.15) is 4.98 Å². The molecule has 13 heteroatoms. The number of aryl methyl sites for hydroxylation is 1. The summed E-state index contributed by atoms with van der Waals surface area (Å²) in [6, 6.07) is 8.86. The smallest absolute Gasteiger partial charge is 0.406 e. The second kappa shape index (κ2) is 9.34. The first kappa shape index (κ1) is 23.2. The van der Waals surface area contributed by atoms with Gasteiger partial charge in [0, 0.05) is 18.5 Å². The lowest BCUT2D eigenvalue weighted by atomic mass is 10.2. The molecule has 3 aromatic rings. The molecule has 0 aliphatic heterocycles. The molecule has 170 valence electrons. The third-order valence-electron chi connectivity index (χ3n) is 3.94. The Morgan fingerprint density at radius 1 is 1.06 bits per heavy atom. The van der Waals surface area contributed by atoms with E-state index in [0.717, 1.165) is 36.4 Å². The monoisotopic (exact) mass is 473 g/mol. The highest BCUT2D eigenvalue weighted by atomic mass is 32.2. The van der Waals surface area contributed by atoms with Gasteiger partial charge in [-0.15, -0.1) is 13.2 Å². The molecule has 0 saturated carbocycles. The van der Waals surface area contributed by atoms with Crippen LogP contribution in [0.25, 0.3) is 0 Å². The molecule has 1 aromatic heterocycles. The summed E-state index contributed by atoms with van der Waals surface area (Å²) in [6.07, 6.45) is -4.91. The zero-order chi connectivity index (χ0) is 23.4. The van der Waals surface area contributed by atoms with Gasteiger partial charge < -0.3 is 14.6 Å². The molecule has 1 N–H and O–H groups in total. The van der Waals surface area contributed by atoms with Gasteiger partial charge in [0.2, 0.25) is 11.8 Å². The molecule has 1 heterocycles. The molecule has 0 unspecified atom stereocenters. The summed E-state index contributed by atoms with van der Waals surface area (Å²) < 4.78 is 82.7. The van der Waals surface area contributed by atoms with Crippen molar-refractivity contribution in [3.05, 3.63) is 66.1 Å². The van der Waals surface area contributed by atoms with Crippen molar-refractivity contribution in [2.75, 3.05) is 5.32 Å². The first-order valence-electron chi connectivity index (χ1n) is 8.96. The number of rotatable bonds is 8. The number of nitrogens with zero attached hydrogens (tertiary/aromatic N) is 2. The van der Waals surface area contributed by atoms with Crippen LogP contribution in [0, 0.1) is 5.82 Å². The van der Waals surface area contributed by atoms with Crippen LogP contribution in [-0.2, 0) is 26.8 Å². The SMILES string of the molecule is O=C(CCc1nc(CS(=O)(=O)c2ccc(F)cc2)no1)Nc1ccc(OC(F)(F)F)cc1. The molecular formula is C19H15F4N3O5S. The molecule has 0 aliphatic rings. The average molecular weight is 473 g/mol. The summed E-state index contributed by atoms with van der Waals surface area (Å²) in [7, 11) is -3.82. The van der Waals surface area contributed by atoms with E-state index in [1.165, 1.54) is 12.1 Å². The Bertz CT molecular complexity index is 1180. The maximum absolute atomic E-state index is 13.0. The fraction of sp³-hybridized carbons (Fsp3) is 0.211. The van der Waals surface area contributed by atoms with Crippen LogP contribution in [0.1, 0.15) is 18.1 Å². The van der Waals surface area contributed by atoms with Crippen LogP contribution in [0.4, 0.5) is 23.2 Å². The Morgan fingerprint density at radius 3 is 2.34 bits per heavy atom.